The first kappa shape index (κ1) is 16.3. The van der Waals surface area contributed by atoms with Crippen LogP contribution in [0.2, 0.25) is 0 Å². The number of hydrogen-bond acceptors (Lipinski definition) is 6. The second-order valence-electron chi connectivity index (χ2n) is 4.91. The second kappa shape index (κ2) is 7.79. The SMILES string of the molecule is CCOC(=O)CN(C(=O)CSCc1csc(C)n1)C1CC1. The topological polar surface area (TPSA) is 59.5 Å². The lowest BCUT2D eigenvalue weighted by atomic mass is 10.4. The molecule has 0 aliphatic heterocycles. The molecule has 1 aliphatic rings. The molecule has 1 heterocycles. The van der Waals surface area contributed by atoms with E-state index >= 15 is 0 Å². The van der Waals surface area contributed by atoms with Crippen molar-refractivity contribution in [1.82, 2.24) is 9.88 Å². The van der Waals surface area contributed by atoms with Gasteiger partial charge in [0.15, 0.2) is 0 Å². The van der Waals surface area contributed by atoms with Crippen molar-refractivity contribution < 1.29 is 14.3 Å². The van der Waals surface area contributed by atoms with E-state index < -0.39 is 0 Å². The largest absolute Gasteiger partial charge is 0.465 e. The summed E-state index contributed by atoms with van der Waals surface area (Å²) in [4.78, 5) is 29.8. The molecule has 7 heteroatoms. The molecule has 0 bridgehead atoms. The van der Waals surface area contributed by atoms with Gasteiger partial charge in [-0.3, -0.25) is 9.59 Å². The molecule has 0 aromatic carbocycles. The molecule has 1 fully saturated rings. The molecular formula is C14H20N2O3S2. The van der Waals surface area contributed by atoms with Crippen molar-refractivity contribution in [3.63, 3.8) is 0 Å². The van der Waals surface area contributed by atoms with Crippen molar-refractivity contribution in [2.24, 2.45) is 0 Å². The van der Waals surface area contributed by atoms with Crippen molar-refractivity contribution >= 4 is 35.0 Å². The van der Waals surface area contributed by atoms with E-state index in [9.17, 15) is 9.59 Å². The van der Waals surface area contributed by atoms with Crippen LogP contribution in [0.4, 0.5) is 0 Å². The molecule has 5 nitrogen and oxygen atoms in total. The van der Waals surface area contributed by atoms with Gasteiger partial charge in [0.1, 0.15) is 6.54 Å². The Labute approximate surface area is 133 Å². The fourth-order valence-corrected chi connectivity index (χ4v) is 3.47. The van der Waals surface area contributed by atoms with Crippen molar-refractivity contribution in [2.75, 3.05) is 18.9 Å². The van der Waals surface area contributed by atoms with Gasteiger partial charge in [0.25, 0.3) is 0 Å². The summed E-state index contributed by atoms with van der Waals surface area (Å²) in [7, 11) is 0. The molecule has 1 aromatic heterocycles. The average Bonchev–Trinajstić information content (AvgIpc) is 3.19. The molecule has 1 saturated carbocycles. The van der Waals surface area contributed by atoms with Crippen LogP contribution in [0.25, 0.3) is 0 Å². The lowest BCUT2D eigenvalue weighted by molar-refractivity contribution is -0.148. The molecule has 1 aliphatic carbocycles. The van der Waals surface area contributed by atoms with Crippen LogP contribution in [0.15, 0.2) is 5.38 Å². The van der Waals surface area contributed by atoms with Gasteiger partial charge in [-0.05, 0) is 26.7 Å². The van der Waals surface area contributed by atoms with Gasteiger partial charge < -0.3 is 9.64 Å². The van der Waals surface area contributed by atoms with E-state index in [4.69, 9.17) is 4.74 Å². The minimum Gasteiger partial charge on any atom is -0.465 e. The fourth-order valence-electron chi connectivity index (χ4n) is 1.95. The maximum atomic E-state index is 12.2. The number of hydrogen-bond donors (Lipinski definition) is 0. The van der Waals surface area contributed by atoms with Gasteiger partial charge in [-0.1, -0.05) is 0 Å². The van der Waals surface area contributed by atoms with Gasteiger partial charge >= 0.3 is 5.97 Å². The van der Waals surface area contributed by atoms with E-state index in [1.165, 1.54) is 0 Å². The number of aryl methyl sites for hydroxylation is 1. The van der Waals surface area contributed by atoms with E-state index in [1.807, 2.05) is 12.3 Å². The second-order valence-corrected chi connectivity index (χ2v) is 6.96. The Morgan fingerprint density at radius 1 is 1.52 bits per heavy atom. The van der Waals surface area contributed by atoms with Crippen LogP contribution in [-0.2, 0) is 20.1 Å². The average molecular weight is 328 g/mol. The molecule has 0 atom stereocenters. The zero-order valence-corrected chi connectivity index (χ0v) is 14.0. The van der Waals surface area contributed by atoms with Gasteiger partial charge in [0.05, 0.1) is 23.1 Å². The summed E-state index contributed by atoms with van der Waals surface area (Å²) in [6.07, 6.45) is 1.97. The summed E-state index contributed by atoms with van der Waals surface area (Å²) in [5, 5.41) is 3.06. The molecule has 0 N–H and O–H groups in total. The summed E-state index contributed by atoms with van der Waals surface area (Å²) in [6.45, 7) is 4.17. The van der Waals surface area contributed by atoms with Crippen LogP contribution in [0.1, 0.15) is 30.5 Å². The molecular weight excluding hydrogens is 308 g/mol. The molecule has 2 rings (SSSR count). The summed E-state index contributed by atoms with van der Waals surface area (Å²) >= 11 is 3.16. The molecule has 1 amide bonds. The third kappa shape index (κ3) is 5.32. The van der Waals surface area contributed by atoms with Crippen molar-refractivity contribution in [3.05, 3.63) is 16.1 Å². The van der Waals surface area contributed by atoms with Crippen LogP contribution >= 0.6 is 23.1 Å². The molecule has 0 radical (unpaired) electrons. The number of thioether (sulfide) groups is 1. The number of thiazole rings is 1. The highest BCUT2D eigenvalue weighted by Crippen LogP contribution is 2.27. The summed E-state index contributed by atoms with van der Waals surface area (Å²) in [5.41, 5.74) is 1.01. The first-order chi connectivity index (χ1) is 10.1. The zero-order chi connectivity index (χ0) is 15.2. The molecule has 0 saturated heterocycles. The summed E-state index contributed by atoms with van der Waals surface area (Å²) in [5.74, 6) is 0.806. The molecule has 0 spiro atoms. The number of ether oxygens (including phenoxy) is 1. The van der Waals surface area contributed by atoms with E-state index in [-0.39, 0.29) is 24.5 Å². The Hall–Kier alpha value is -1.08. The maximum Gasteiger partial charge on any atom is 0.325 e. The fraction of sp³-hybridized carbons (Fsp3) is 0.643. The van der Waals surface area contributed by atoms with Gasteiger partial charge in [0, 0.05) is 17.2 Å². The van der Waals surface area contributed by atoms with E-state index in [1.54, 1.807) is 34.9 Å². The number of aromatic nitrogens is 1. The minimum atomic E-state index is -0.321. The van der Waals surface area contributed by atoms with E-state index in [0.29, 0.717) is 12.4 Å². The van der Waals surface area contributed by atoms with Crippen LogP contribution < -0.4 is 0 Å². The summed E-state index contributed by atoms with van der Waals surface area (Å²) < 4.78 is 4.93. The molecule has 21 heavy (non-hydrogen) atoms. The van der Waals surface area contributed by atoms with E-state index in [2.05, 4.69) is 4.98 Å². The molecule has 116 valence electrons. The lowest BCUT2D eigenvalue weighted by Gasteiger charge is -2.21. The Morgan fingerprint density at radius 2 is 2.29 bits per heavy atom. The van der Waals surface area contributed by atoms with Crippen LogP contribution in [0.5, 0.6) is 0 Å². The molecule has 1 aromatic rings. The predicted molar refractivity (Wildman–Crippen MR) is 84.4 cm³/mol. The quantitative estimate of drug-likeness (QED) is 0.685. The first-order valence-electron chi connectivity index (χ1n) is 7.04. The lowest BCUT2D eigenvalue weighted by Crippen LogP contribution is -2.39. The number of carbonyl (C=O) groups is 2. The number of rotatable bonds is 8. The van der Waals surface area contributed by atoms with Crippen molar-refractivity contribution in [3.8, 4) is 0 Å². The smallest absolute Gasteiger partial charge is 0.325 e. The van der Waals surface area contributed by atoms with Crippen LogP contribution in [0, 0.1) is 6.92 Å². The highest BCUT2D eigenvalue weighted by atomic mass is 32.2. The van der Waals surface area contributed by atoms with E-state index in [0.717, 1.165) is 29.3 Å². The number of esters is 1. The van der Waals surface area contributed by atoms with Crippen LogP contribution in [0.3, 0.4) is 0 Å². The Bertz CT molecular complexity index is 500. The number of carbonyl (C=O) groups excluding carboxylic acids is 2. The third-order valence-corrected chi connectivity index (χ3v) is 4.83. The first-order valence-corrected chi connectivity index (χ1v) is 9.07. The Morgan fingerprint density at radius 3 is 2.86 bits per heavy atom. The van der Waals surface area contributed by atoms with Crippen molar-refractivity contribution in [2.45, 2.75) is 38.5 Å². The standard InChI is InChI=1S/C14H20N2O3S2/c1-3-19-14(18)6-16(12-4-5-12)13(17)9-20-7-11-8-21-10(2)15-11/h8,12H,3-7,9H2,1-2H3. The minimum absolute atomic E-state index is 0.0162. The highest BCUT2D eigenvalue weighted by molar-refractivity contribution is 7.99. The zero-order valence-electron chi connectivity index (χ0n) is 12.3. The number of amides is 1. The maximum absolute atomic E-state index is 12.2. The molecule has 0 unspecified atom stereocenters. The normalized spacial score (nSPS) is 14.0. The predicted octanol–water partition coefficient (Wildman–Crippen LogP) is 2.24. The Balaban J connectivity index is 1.77. The highest BCUT2D eigenvalue weighted by Gasteiger charge is 2.33. The van der Waals surface area contributed by atoms with Gasteiger partial charge in [-0.15, -0.1) is 23.1 Å². The summed E-state index contributed by atoms with van der Waals surface area (Å²) in [6, 6.07) is 0.226. The van der Waals surface area contributed by atoms with Crippen LogP contribution in [-0.4, -0.2) is 46.7 Å². The third-order valence-electron chi connectivity index (χ3n) is 3.05. The van der Waals surface area contributed by atoms with Gasteiger partial charge in [-0.2, -0.15) is 0 Å². The monoisotopic (exact) mass is 328 g/mol. The van der Waals surface area contributed by atoms with Crippen molar-refractivity contribution in [1.29, 1.82) is 0 Å². The van der Waals surface area contributed by atoms with Gasteiger partial charge in [-0.25, -0.2) is 4.98 Å². The number of nitrogens with zero attached hydrogens (tertiary/aromatic N) is 2. The van der Waals surface area contributed by atoms with Gasteiger partial charge in [0.2, 0.25) is 5.91 Å². The Kier molecular flexibility index (Phi) is 6.05.